The molecule has 0 N–H and O–H groups in total. The first-order chi connectivity index (χ1) is 11.0. The maximum atomic E-state index is 13.5. The molecular formula is C19H21F2NO. The molecule has 0 saturated carbocycles. The fourth-order valence-corrected chi connectivity index (χ4v) is 3.31. The Kier molecular flexibility index (Phi) is 4.46. The summed E-state index contributed by atoms with van der Waals surface area (Å²) in [5, 5.41) is 0. The standard InChI is InChI=1S/C19H21F2NO/c1-22(2)11-3-10-19(15-4-6-16(20)7-5-15)18-9-8-17(21)12-14(18)13-23-19/h4-9,12H,3,10-11,13H2,1-2H3/i21-1. The van der Waals surface area contributed by atoms with E-state index in [9.17, 15) is 8.78 Å². The van der Waals surface area contributed by atoms with E-state index in [-0.39, 0.29) is 11.6 Å². The lowest BCUT2D eigenvalue weighted by Crippen LogP contribution is -2.28. The molecule has 1 aliphatic rings. The number of nitrogens with zero attached hydrogens (tertiary/aromatic N) is 1. The Morgan fingerprint density at radius 2 is 1.74 bits per heavy atom. The maximum Gasteiger partial charge on any atom is 0.123 e. The molecule has 0 amide bonds. The molecule has 0 fully saturated rings. The van der Waals surface area contributed by atoms with Crippen LogP contribution in [0.4, 0.5) is 8.78 Å². The van der Waals surface area contributed by atoms with Crippen LogP contribution in [0.15, 0.2) is 42.5 Å². The van der Waals surface area contributed by atoms with Gasteiger partial charge in [0.2, 0.25) is 0 Å². The third-order valence-corrected chi connectivity index (χ3v) is 4.42. The first-order valence-corrected chi connectivity index (χ1v) is 7.85. The van der Waals surface area contributed by atoms with Gasteiger partial charge in [0, 0.05) is 0 Å². The van der Waals surface area contributed by atoms with E-state index in [1.54, 1.807) is 18.2 Å². The van der Waals surface area contributed by atoms with Gasteiger partial charge in [-0.2, -0.15) is 0 Å². The van der Waals surface area contributed by atoms with Gasteiger partial charge in [-0.15, -0.1) is 0 Å². The van der Waals surface area contributed by atoms with Crippen LogP contribution in [0.25, 0.3) is 0 Å². The minimum absolute atomic E-state index is 0.254. The van der Waals surface area contributed by atoms with E-state index in [2.05, 4.69) is 4.90 Å². The molecule has 1 heterocycles. The van der Waals surface area contributed by atoms with Gasteiger partial charge in [-0.05, 0) is 74.4 Å². The lowest BCUT2D eigenvalue weighted by atomic mass is 9.82. The van der Waals surface area contributed by atoms with E-state index in [0.717, 1.165) is 36.1 Å². The molecule has 4 heteroatoms. The monoisotopic (exact) mass is 316 g/mol. The van der Waals surface area contributed by atoms with Crippen LogP contribution in [0.5, 0.6) is 0 Å². The summed E-state index contributed by atoms with van der Waals surface area (Å²) in [6.07, 6.45) is 1.70. The molecule has 0 aromatic heterocycles. The van der Waals surface area contributed by atoms with E-state index in [1.165, 1.54) is 24.3 Å². The molecule has 1 aliphatic heterocycles. The van der Waals surface area contributed by atoms with Crippen molar-refractivity contribution in [3.05, 3.63) is 70.8 Å². The largest absolute Gasteiger partial charge is 0.361 e. The number of ether oxygens (including phenoxy) is 1. The minimum atomic E-state index is -0.618. The Balaban J connectivity index is 2.00. The van der Waals surface area contributed by atoms with Gasteiger partial charge >= 0.3 is 0 Å². The van der Waals surface area contributed by atoms with Crippen molar-refractivity contribution in [2.24, 2.45) is 0 Å². The molecule has 2 aromatic carbocycles. The molecule has 0 saturated heterocycles. The highest BCUT2D eigenvalue weighted by Crippen LogP contribution is 2.45. The van der Waals surface area contributed by atoms with E-state index in [1.807, 2.05) is 14.1 Å². The van der Waals surface area contributed by atoms with E-state index in [0.29, 0.717) is 6.61 Å². The van der Waals surface area contributed by atoms with Crippen LogP contribution in [0.3, 0.4) is 0 Å². The topological polar surface area (TPSA) is 12.5 Å². The van der Waals surface area contributed by atoms with Crippen molar-refractivity contribution in [2.45, 2.75) is 25.0 Å². The molecule has 0 radical (unpaired) electrons. The Morgan fingerprint density at radius 1 is 1.04 bits per heavy atom. The molecule has 1 atom stereocenters. The highest BCUT2D eigenvalue weighted by molar-refractivity contribution is 5.44. The molecule has 0 bridgehead atoms. The zero-order chi connectivity index (χ0) is 16.4. The minimum Gasteiger partial charge on any atom is -0.361 e. The summed E-state index contributed by atoms with van der Waals surface area (Å²) < 4.78 is 33.0. The number of benzene rings is 2. The third-order valence-electron chi connectivity index (χ3n) is 4.42. The summed E-state index contributed by atoms with van der Waals surface area (Å²) in [6.45, 7) is 1.31. The Hall–Kier alpha value is -1.78. The van der Waals surface area contributed by atoms with Crippen molar-refractivity contribution in [3.8, 4) is 0 Å². The molecule has 0 spiro atoms. The second-order valence-corrected chi connectivity index (χ2v) is 6.33. The normalized spacial score (nSPS) is 20.0. The molecular weight excluding hydrogens is 295 g/mol. The van der Waals surface area contributed by atoms with Crippen molar-refractivity contribution in [2.75, 3.05) is 20.6 Å². The SMILES string of the molecule is CN(C)CCCC1(c2ccc(F)cc2)OCc2cc([18F])ccc21. The summed E-state index contributed by atoms with van der Waals surface area (Å²) in [4.78, 5) is 2.12. The molecule has 2 aromatic rings. The third kappa shape index (κ3) is 3.14. The molecule has 1 unspecified atom stereocenters. The molecule has 0 aliphatic carbocycles. The van der Waals surface area contributed by atoms with Crippen LogP contribution in [0, 0.1) is 11.6 Å². The van der Waals surface area contributed by atoms with Crippen LogP contribution >= 0.6 is 0 Å². The maximum absolute atomic E-state index is 13.5. The van der Waals surface area contributed by atoms with Gasteiger partial charge < -0.3 is 9.64 Å². The van der Waals surface area contributed by atoms with Gasteiger partial charge in [-0.25, -0.2) is 8.78 Å². The van der Waals surface area contributed by atoms with Gasteiger partial charge in [0.1, 0.15) is 17.2 Å². The fraction of sp³-hybridized carbons (Fsp3) is 0.368. The van der Waals surface area contributed by atoms with Crippen molar-refractivity contribution >= 4 is 0 Å². The number of fused-ring (bicyclic) bond motifs is 1. The molecule has 23 heavy (non-hydrogen) atoms. The highest BCUT2D eigenvalue weighted by atomic mass is 19.1. The van der Waals surface area contributed by atoms with Crippen molar-refractivity contribution < 1.29 is 13.5 Å². The first kappa shape index (κ1) is 16.1. The lowest BCUT2D eigenvalue weighted by Gasteiger charge is -2.31. The quantitative estimate of drug-likeness (QED) is 0.824. The first-order valence-electron chi connectivity index (χ1n) is 7.85. The number of rotatable bonds is 5. The Labute approximate surface area is 135 Å². The summed E-state index contributed by atoms with van der Waals surface area (Å²) in [7, 11) is 4.06. The highest BCUT2D eigenvalue weighted by Gasteiger charge is 2.41. The average Bonchev–Trinajstić information content (AvgIpc) is 2.87. The second kappa shape index (κ2) is 6.38. The van der Waals surface area contributed by atoms with E-state index in [4.69, 9.17) is 4.74 Å². The van der Waals surface area contributed by atoms with Crippen LogP contribution in [-0.2, 0) is 16.9 Å². The van der Waals surface area contributed by atoms with Gasteiger partial charge in [0.25, 0.3) is 0 Å². The summed E-state index contributed by atoms with van der Waals surface area (Å²) in [5.74, 6) is -0.523. The molecule has 3 rings (SSSR count). The molecule has 2 nitrogen and oxygen atoms in total. The van der Waals surface area contributed by atoms with Crippen LogP contribution < -0.4 is 0 Å². The van der Waals surface area contributed by atoms with Gasteiger partial charge in [0.15, 0.2) is 0 Å². The fourth-order valence-electron chi connectivity index (χ4n) is 3.31. The van der Waals surface area contributed by atoms with Gasteiger partial charge in [0.05, 0.1) is 6.61 Å². The summed E-state index contributed by atoms with van der Waals surface area (Å²) in [5.41, 5.74) is 2.17. The average molecular weight is 316 g/mol. The van der Waals surface area contributed by atoms with Crippen molar-refractivity contribution in [3.63, 3.8) is 0 Å². The van der Waals surface area contributed by atoms with Crippen LogP contribution in [0.2, 0.25) is 0 Å². The van der Waals surface area contributed by atoms with E-state index < -0.39 is 5.60 Å². The number of halogens is 2. The molecule has 122 valence electrons. The van der Waals surface area contributed by atoms with Crippen LogP contribution in [0.1, 0.15) is 29.5 Å². The van der Waals surface area contributed by atoms with Gasteiger partial charge in [-0.1, -0.05) is 18.2 Å². The van der Waals surface area contributed by atoms with Crippen LogP contribution in [-0.4, -0.2) is 25.5 Å². The smallest absolute Gasteiger partial charge is 0.123 e. The predicted octanol–water partition coefficient (Wildman–Crippen LogP) is 4.08. The summed E-state index contributed by atoms with van der Waals surface area (Å²) in [6, 6.07) is 11.2. The second-order valence-electron chi connectivity index (χ2n) is 6.33. The van der Waals surface area contributed by atoms with Crippen molar-refractivity contribution in [1.82, 2.24) is 4.90 Å². The van der Waals surface area contributed by atoms with E-state index >= 15 is 0 Å². The predicted molar refractivity (Wildman–Crippen MR) is 86.2 cm³/mol. The Bertz CT molecular complexity index is 684. The number of hydrogen-bond donors (Lipinski definition) is 0. The Morgan fingerprint density at radius 3 is 2.43 bits per heavy atom. The zero-order valence-corrected chi connectivity index (χ0v) is 13.5. The summed E-state index contributed by atoms with van der Waals surface area (Å²) >= 11 is 0. The van der Waals surface area contributed by atoms with Crippen molar-refractivity contribution in [1.29, 1.82) is 0 Å². The zero-order valence-electron chi connectivity index (χ0n) is 13.5. The lowest BCUT2D eigenvalue weighted by molar-refractivity contribution is -0.0140. The van der Waals surface area contributed by atoms with Gasteiger partial charge in [-0.3, -0.25) is 0 Å². The number of hydrogen-bond acceptors (Lipinski definition) is 2.